The third-order valence-electron chi connectivity index (χ3n) is 6.87. The molecule has 0 bridgehead atoms. The first-order valence-electron chi connectivity index (χ1n) is 11.8. The molecule has 1 aliphatic heterocycles. The molecule has 3 aromatic carbocycles. The summed E-state index contributed by atoms with van der Waals surface area (Å²) in [4.78, 5) is 2.72. The number of likely N-dealkylation sites (tertiary alicyclic amines) is 1. The van der Waals surface area contributed by atoms with Crippen LogP contribution in [0.2, 0.25) is 0 Å². The fraction of sp³-hybridized carbons (Fsp3) is 0.379. The first-order chi connectivity index (χ1) is 16.2. The van der Waals surface area contributed by atoms with Crippen LogP contribution in [0, 0.1) is 0 Å². The molecule has 1 heterocycles. The summed E-state index contributed by atoms with van der Waals surface area (Å²) in [6.45, 7) is 0.973. The van der Waals surface area contributed by atoms with Gasteiger partial charge in [0.15, 0.2) is 0 Å². The van der Waals surface area contributed by atoms with Gasteiger partial charge in [-0.1, -0.05) is 54.6 Å². The summed E-state index contributed by atoms with van der Waals surface area (Å²) in [6.07, 6.45) is 5.54. The second-order valence-electron chi connectivity index (χ2n) is 8.78. The fourth-order valence-corrected chi connectivity index (χ4v) is 5.10. The summed E-state index contributed by atoms with van der Waals surface area (Å²) in [5.41, 5.74) is 3.90. The van der Waals surface area contributed by atoms with Gasteiger partial charge >= 0.3 is 0 Å². The van der Waals surface area contributed by atoms with Crippen LogP contribution < -0.4 is 14.2 Å². The van der Waals surface area contributed by atoms with E-state index in [9.17, 15) is 0 Å². The molecule has 3 aromatic rings. The van der Waals surface area contributed by atoms with Crippen molar-refractivity contribution >= 4 is 0 Å². The molecule has 1 fully saturated rings. The predicted molar refractivity (Wildman–Crippen MR) is 133 cm³/mol. The molecule has 4 nitrogen and oxygen atoms in total. The normalized spacial score (nSPS) is 18.3. The summed E-state index contributed by atoms with van der Waals surface area (Å²) in [6, 6.07) is 26.4. The molecule has 2 unspecified atom stereocenters. The third-order valence-corrected chi connectivity index (χ3v) is 6.87. The van der Waals surface area contributed by atoms with Crippen LogP contribution in [0.4, 0.5) is 0 Å². The maximum Gasteiger partial charge on any atom is 0.125 e. The summed E-state index contributed by atoms with van der Waals surface area (Å²) in [7, 11) is 5.19. The Morgan fingerprint density at radius 1 is 0.727 bits per heavy atom. The van der Waals surface area contributed by atoms with Gasteiger partial charge in [-0.25, -0.2) is 0 Å². The monoisotopic (exact) mass is 445 g/mol. The van der Waals surface area contributed by atoms with E-state index in [1.165, 1.54) is 29.5 Å². The highest BCUT2D eigenvalue weighted by molar-refractivity contribution is 5.41. The van der Waals surface area contributed by atoms with E-state index in [-0.39, 0.29) is 0 Å². The van der Waals surface area contributed by atoms with Crippen molar-refractivity contribution in [1.29, 1.82) is 0 Å². The molecule has 33 heavy (non-hydrogen) atoms. The smallest absolute Gasteiger partial charge is 0.125 e. The highest BCUT2D eigenvalue weighted by Crippen LogP contribution is 2.34. The van der Waals surface area contributed by atoms with Crippen LogP contribution in [0.25, 0.3) is 0 Å². The lowest BCUT2D eigenvalue weighted by atomic mass is 10.0. The molecule has 2 atom stereocenters. The van der Waals surface area contributed by atoms with Crippen molar-refractivity contribution in [2.24, 2.45) is 0 Å². The maximum absolute atomic E-state index is 5.70. The van der Waals surface area contributed by atoms with E-state index in [4.69, 9.17) is 14.2 Å². The van der Waals surface area contributed by atoms with E-state index in [1.807, 2.05) is 18.2 Å². The Labute approximate surface area is 198 Å². The Kier molecular flexibility index (Phi) is 7.90. The van der Waals surface area contributed by atoms with Crippen LogP contribution in [0.3, 0.4) is 0 Å². The molecule has 4 rings (SSSR count). The van der Waals surface area contributed by atoms with Gasteiger partial charge in [0.1, 0.15) is 17.2 Å². The highest BCUT2D eigenvalue weighted by atomic mass is 16.5. The Hall–Kier alpha value is -2.98. The SMILES string of the molecule is COc1ccc(CC2CCC(CCc3ccccc3OC)N2Cc2ccccc2)c(OC)c1. The van der Waals surface area contributed by atoms with Crippen molar-refractivity contribution in [3.63, 3.8) is 0 Å². The molecular formula is C29H35NO3. The molecule has 174 valence electrons. The average molecular weight is 446 g/mol. The van der Waals surface area contributed by atoms with Crippen LogP contribution in [0.1, 0.15) is 36.0 Å². The van der Waals surface area contributed by atoms with Gasteiger partial charge in [0.25, 0.3) is 0 Å². The summed E-state index contributed by atoms with van der Waals surface area (Å²) >= 11 is 0. The minimum absolute atomic E-state index is 0.482. The maximum atomic E-state index is 5.70. The van der Waals surface area contributed by atoms with Gasteiger partial charge in [0, 0.05) is 24.7 Å². The number of para-hydroxylation sites is 1. The summed E-state index contributed by atoms with van der Waals surface area (Å²) in [5.74, 6) is 2.73. The number of hydrogen-bond acceptors (Lipinski definition) is 4. The summed E-state index contributed by atoms with van der Waals surface area (Å²) in [5, 5.41) is 0. The number of nitrogens with zero attached hydrogens (tertiary/aromatic N) is 1. The van der Waals surface area contributed by atoms with E-state index in [0.717, 1.165) is 43.1 Å². The van der Waals surface area contributed by atoms with Gasteiger partial charge in [0.05, 0.1) is 21.3 Å². The Balaban J connectivity index is 1.52. The number of rotatable bonds is 10. The number of methoxy groups -OCH3 is 3. The molecule has 4 heteroatoms. The van der Waals surface area contributed by atoms with E-state index in [1.54, 1.807) is 21.3 Å². The average Bonchev–Trinajstić information content (AvgIpc) is 3.24. The molecule has 0 N–H and O–H groups in total. The first-order valence-corrected chi connectivity index (χ1v) is 11.8. The van der Waals surface area contributed by atoms with Crippen molar-refractivity contribution in [2.45, 2.75) is 50.7 Å². The number of aryl methyl sites for hydroxylation is 1. The van der Waals surface area contributed by atoms with Gasteiger partial charge in [-0.2, -0.15) is 0 Å². The molecule has 1 saturated heterocycles. The second-order valence-corrected chi connectivity index (χ2v) is 8.78. The lowest BCUT2D eigenvalue weighted by molar-refractivity contribution is 0.174. The van der Waals surface area contributed by atoms with Gasteiger partial charge in [-0.3, -0.25) is 4.90 Å². The number of hydrogen-bond donors (Lipinski definition) is 0. The third kappa shape index (κ3) is 5.69. The largest absolute Gasteiger partial charge is 0.497 e. The van der Waals surface area contributed by atoms with Crippen LogP contribution in [0.5, 0.6) is 17.2 Å². The Morgan fingerprint density at radius 3 is 2.21 bits per heavy atom. The van der Waals surface area contributed by atoms with Gasteiger partial charge in [0.2, 0.25) is 0 Å². The summed E-state index contributed by atoms with van der Waals surface area (Å²) < 4.78 is 16.7. The van der Waals surface area contributed by atoms with E-state index < -0.39 is 0 Å². The molecule has 0 aromatic heterocycles. The van der Waals surface area contributed by atoms with Crippen molar-refractivity contribution in [3.8, 4) is 17.2 Å². The van der Waals surface area contributed by atoms with Crippen LogP contribution >= 0.6 is 0 Å². The topological polar surface area (TPSA) is 30.9 Å². The molecule has 0 aliphatic carbocycles. The lowest BCUT2D eigenvalue weighted by Crippen LogP contribution is -2.37. The van der Waals surface area contributed by atoms with Crippen molar-refractivity contribution in [3.05, 3.63) is 89.5 Å². The molecule has 0 saturated carbocycles. The van der Waals surface area contributed by atoms with Crippen LogP contribution in [-0.2, 0) is 19.4 Å². The number of ether oxygens (including phenoxy) is 3. The molecule has 0 spiro atoms. The van der Waals surface area contributed by atoms with Crippen molar-refractivity contribution < 1.29 is 14.2 Å². The zero-order chi connectivity index (χ0) is 23.0. The van der Waals surface area contributed by atoms with Crippen LogP contribution in [-0.4, -0.2) is 38.3 Å². The highest BCUT2D eigenvalue weighted by Gasteiger charge is 2.33. The minimum atomic E-state index is 0.482. The standard InChI is InChI=1S/C29H35NO3/c1-31-27-18-14-24(29(20-27)33-3)19-26-17-16-25(30(26)21-22-9-5-4-6-10-22)15-13-23-11-7-8-12-28(23)32-2/h4-12,14,18,20,25-26H,13,15-17,19,21H2,1-3H3. The van der Waals surface area contributed by atoms with Crippen molar-refractivity contribution in [1.82, 2.24) is 4.90 Å². The lowest BCUT2D eigenvalue weighted by Gasteiger charge is -2.31. The molecular weight excluding hydrogens is 410 g/mol. The van der Waals surface area contributed by atoms with Crippen LogP contribution in [0.15, 0.2) is 72.8 Å². The van der Waals surface area contributed by atoms with Gasteiger partial charge in [-0.05, 0) is 60.9 Å². The molecule has 0 radical (unpaired) electrons. The van der Waals surface area contributed by atoms with Gasteiger partial charge in [-0.15, -0.1) is 0 Å². The van der Waals surface area contributed by atoms with E-state index >= 15 is 0 Å². The zero-order valence-corrected chi connectivity index (χ0v) is 20.0. The molecule has 0 amide bonds. The first kappa shape index (κ1) is 23.2. The zero-order valence-electron chi connectivity index (χ0n) is 20.0. The number of benzene rings is 3. The van der Waals surface area contributed by atoms with Crippen molar-refractivity contribution in [2.75, 3.05) is 21.3 Å². The predicted octanol–water partition coefficient (Wildman–Crippen LogP) is 5.92. The Morgan fingerprint density at radius 2 is 1.45 bits per heavy atom. The quantitative estimate of drug-likeness (QED) is 0.388. The van der Waals surface area contributed by atoms with E-state index in [0.29, 0.717) is 12.1 Å². The molecule has 1 aliphatic rings. The minimum Gasteiger partial charge on any atom is -0.497 e. The van der Waals surface area contributed by atoms with Gasteiger partial charge < -0.3 is 14.2 Å². The Bertz CT molecular complexity index is 1020. The second kappa shape index (κ2) is 11.2. The fourth-order valence-electron chi connectivity index (χ4n) is 5.10. The van der Waals surface area contributed by atoms with E-state index in [2.05, 4.69) is 59.5 Å².